The summed E-state index contributed by atoms with van der Waals surface area (Å²) >= 11 is 0. The second-order valence-electron chi connectivity index (χ2n) is 2.96. The first-order chi connectivity index (χ1) is 6.86. The predicted octanol–water partition coefficient (Wildman–Crippen LogP) is 1.88. The van der Waals surface area contributed by atoms with Crippen LogP contribution in [0, 0.1) is 0 Å². The van der Waals surface area contributed by atoms with Gasteiger partial charge in [0.2, 0.25) is 0 Å². The molecule has 0 aliphatic carbocycles. The SMILES string of the molecule is CCOc1ccc(NCCCO)cc1. The normalized spacial score (nSPS) is 9.86. The zero-order chi connectivity index (χ0) is 10.2. The number of rotatable bonds is 6. The second-order valence-corrected chi connectivity index (χ2v) is 2.96. The smallest absolute Gasteiger partial charge is 0.119 e. The monoisotopic (exact) mass is 195 g/mol. The number of ether oxygens (including phenoxy) is 1. The van der Waals surface area contributed by atoms with Crippen LogP contribution in [0.4, 0.5) is 5.69 Å². The molecule has 0 aliphatic rings. The summed E-state index contributed by atoms with van der Waals surface area (Å²) in [5, 5.41) is 11.8. The summed E-state index contributed by atoms with van der Waals surface area (Å²) < 4.78 is 5.32. The fraction of sp³-hybridized carbons (Fsp3) is 0.455. The predicted molar refractivity (Wildman–Crippen MR) is 57.8 cm³/mol. The molecule has 78 valence electrons. The van der Waals surface area contributed by atoms with Crippen molar-refractivity contribution >= 4 is 5.69 Å². The Labute approximate surface area is 84.7 Å². The Kier molecular flexibility index (Phi) is 4.86. The summed E-state index contributed by atoms with van der Waals surface area (Å²) in [5.41, 5.74) is 1.06. The minimum Gasteiger partial charge on any atom is -0.494 e. The van der Waals surface area contributed by atoms with E-state index in [1.165, 1.54) is 0 Å². The molecule has 0 heterocycles. The highest BCUT2D eigenvalue weighted by Gasteiger charge is 1.93. The van der Waals surface area contributed by atoms with Crippen LogP contribution in [0.5, 0.6) is 5.75 Å². The first-order valence-corrected chi connectivity index (χ1v) is 4.94. The van der Waals surface area contributed by atoms with Gasteiger partial charge in [0.15, 0.2) is 0 Å². The third kappa shape index (κ3) is 3.66. The molecule has 0 amide bonds. The standard InChI is InChI=1S/C11H17NO2/c1-2-14-11-6-4-10(5-7-11)12-8-3-9-13/h4-7,12-13H,2-3,8-9H2,1H3. The molecule has 3 nitrogen and oxygen atoms in total. The van der Waals surface area contributed by atoms with Crippen LogP contribution in [0.2, 0.25) is 0 Å². The van der Waals surface area contributed by atoms with Crippen LogP contribution < -0.4 is 10.1 Å². The Morgan fingerprint density at radius 2 is 2.00 bits per heavy atom. The van der Waals surface area contributed by atoms with E-state index in [1.54, 1.807) is 0 Å². The first-order valence-electron chi connectivity index (χ1n) is 4.94. The number of benzene rings is 1. The lowest BCUT2D eigenvalue weighted by Crippen LogP contribution is -2.03. The van der Waals surface area contributed by atoms with Crippen LogP contribution in [0.3, 0.4) is 0 Å². The molecule has 14 heavy (non-hydrogen) atoms. The maximum Gasteiger partial charge on any atom is 0.119 e. The quantitative estimate of drug-likeness (QED) is 0.681. The van der Waals surface area contributed by atoms with Crippen molar-refractivity contribution in [2.24, 2.45) is 0 Å². The molecule has 3 heteroatoms. The van der Waals surface area contributed by atoms with E-state index in [2.05, 4.69) is 5.32 Å². The molecule has 1 rings (SSSR count). The molecule has 1 aromatic carbocycles. The van der Waals surface area contributed by atoms with E-state index in [-0.39, 0.29) is 6.61 Å². The molecule has 0 aliphatic heterocycles. The summed E-state index contributed by atoms with van der Waals surface area (Å²) in [5.74, 6) is 0.889. The topological polar surface area (TPSA) is 41.5 Å². The molecular weight excluding hydrogens is 178 g/mol. The highest BCUT2D eigenvalue weighted by atomic mass is 16.5. The van der Waals surface area contributed by atoms with E-state index in [1.807, 2.05) is 31.2 Å². The lowest BCUT2D eigenvalue weighted by molar-refractivity contribution is 0.292. The molecule has 0 aromatic heterocycles. The van der Waals surface area contributed by atoms with Crippen molar-refractivity contribution < 1.29 is 9.84 Å². The summed E-state index contributed by atoms with van der Waals surface area (Å²) in [7, 11) is 0. The number of anilines is 1. The van der Waals surface area contributed by atoms with Gasteiger partial charge < -0.3 is 15.2 Å². The third-order valence-electron chi connectivity index (χ3n) is 1.83. The lowest BCUT2D eigenvalue weighted by Gasteiger charge is -2.06. The van der Waals surface area contributed by atoms with Gasteiger partial charge >= 0.3 is 0 Å². The Morgan fingerprint density at radius 3 is 2.57 bits per heavy atom. The molecule has 0 bridgehead atoms. The van der Waals surface area contributed by atoms with Crippen LogP contribution in [0.25, 0.3) is 0 Å². The summed E-state index contributed by atoms with van der Waals surface area (Å²) in [6.07, 6.45) is 0.771. The average Bonchev–Trinajstić information content (AvgIpc) is 2.21. The Morgan fingerprint density at radius 1 is 1.29 bits per heavy atom. The molecule has 0 saturated heterocycles. The van der Waals surface area contributed by atoms with Crippen LogP contribution >= 0.6 is 0 Å². The summed E-state index contributed by atoms with van der Waals surface area (Å²) in [6.45, 7) is 3.68. The molecule has 0 spiro atoms. The van der Waals surface area contributed by atoms with Gasteiger partial charge in [-0.15, -0.1) is 0 Å². The number of aliphatic hydroxyl groups is 1. The molecular formula is C11H17NO2. The van der Waals surface area contributed by atoms with E-state index < -0.39 is 0 Å². The van der Waals surface area contributed by atoms with Crippen LogP contribution in [0.1, 0.15) is 13.3 Å². The average molecular weight is 195 g/mol. The number of aliphatic hydroxyl groups excluding tert-OH is 1. The van der Waals surface area contributed by atoms with Crippen molar-refractivity contribution in [2.75, 3.05) is 25.1 Å². The van der Waals surface area contributed by atoms with E-state index in [0.29, 0.717) is 6.61 Å². The highest BCUT2D eigenvalue weighted by Crippen LogP contribution is 2.15. The van der Waals surface area contributed by atoms with Crippen molar-refractivity contribution in [2.45, 2.75) is 13.3 Å². The number of hydrogen-bond acceptors (Lipinski definition) is 3. The Bertz CT molecular complexity index is 246. The molecule has 2 N–H and O–H groups in total. The molecule has 0 fully saturated rings. The van der Waals surface area contributed by atoms with Crippen molar-refractivity contribution in [1.29, 1.82) is 0 Å². The first kappa shape index (κ1) is 10.9. The van der Waals surface area contributed by atoms with E-state index in [4.69, 9.17) is 9.84 Å². The maximum absolute atomic E-state index is 8.60. The maximum atomic E-state index is 8.60. The molecule has 1 aromatic rings. The summed E-state index contributed by atoms with van der Waals surface area (Å²) in [4.78, 5) is 0. The van der Waals surface area contributed by atoms with Gasteiger partial charge in [-0.05, 0) is 37.6 Å². The van der Waals surface area contributed by atoms with E-state index in [0.717, 1.165) is 24.4 Å². The van der Waals surface area contributed by atoms with Gasteiger partial charge in [-0.1, -0.05) is 0 Å². The van der Waals surface area contributed by atoms with Gasteiger partial charge in [0.05, 0.1) is 6.61 Å². The second kappa shape index (κ2) is 6.27. The number of nitrogens with one attached hydrogen (secondary N) is 1. The fourth-order valence-corrected chi connectivity index (χ4v) is 1.15. The Hall–Kier alpha value is -1.22. The van der Waals surface area contributed by atoms with Crippen molar-refractivity contribution in [1.82, 2.24) is 0 Å². The van der Waals surface area contributed by atoms with Crippen LogP contribution in [-0.2, 0) is 0 Å². The minimum atomic E-state index is 0.226. The summed E-state index contributed by atoms with van der Waals surface area (Å²) in [6, 6.07) is 7.82. The lowest BCUT2D eigenvalue weighted by atomic mass is 10.3. The van der Waals surface area contributed by atoms with Crippen LogP contribution in [-0.4, -0.2) is 24.9 Å². The highest BCUT2D eigenvalue weighted by molar-refractivity contribution is 5.46. The fourth-order valence-electron chi connectivity index (χ4n) is 1.15. The Balaban J connectivity index is 2.38. The number of hydrogen-bond donors (Lipinski definition) is 2. The van der Waals surface area contributed by atoms with Gasteiger partial charge in [-0.3, -0.25) is 0 Å². The zero-order valence-corrected chi connectivity index (χ0v) is 8.49. The van der Waals surface area contributed by atoms with Crippen LogP contribution in [0.15, 0.2) is 24.3 Å². The van der Waals surface area contributed by atoms with E-state index in [9.17, 15) is 0 Å². The molecule has 0 radical (unpaired) electrons. The minimum absolute atomic E-state index is 0.226. The molecule has 0 unspecified atom stereocenters. The van der Waals surface area contributed by atoms with E-state index >= 15 is 0 Å². The zero-order valence-electron chi connectivity index (χ0n) is 8.49. The van der Waals surface area contributed by atoms with Gasteiger partial charge in [-0.25, -0.2) is 0 Å². The molecule has 0 atom stereocenters. The third-order valence-corrected chi connectivity index (χ3v) is 1.83. The van der Waals surface area contributed by atoms with Gasteiger partial charge in [-0.2, -0.15) is 0 Å². The molecule has 0 saturated carbocycles. The van der Waals surface area contributed by atoms with Crippen molar-refractivity contribution in [3.63, 3.8) is 0 Å². The van der Waals surface area contributed by atoms with Gasteiger partial charge in [0.25, 0.3) is 0 Å². The van der Waals surface area contributed by atoms with Gasteiger partial charge in [0, 0.05) is 18.8 Å². The van der Waals surface area contributed by atoms with Gasteiger partial charge in [0.1, 0.15) is 5.75 Å². The van der Waals surface area contributed by atoms with Crippen molar-refractivity contribution in [3.05, 3.63) is 24.3 Å². The van der Waals surface area contributed by atoms with Crippen molar-refractivity contribution in [3.8, 4) is 5.75 Å². The largest absolute Gasteiger partial charge is 0.494 e.